The molecule has 3 aromatic carbocycles. The van der Waals surface area contributed by atoms with Crippen LogP contribution in [0.25, 0.3) is 0 Å². The summed E-state index contributed by atoms with van der Waals surface area (Å²) in [5.41, 5.74) is 4.72. The lowest BCUT2D eigenvalue weighted by Crippen LogP contribution is -2.52. The number of hydrogen-bond acceptors (Lipinski definition) is 6. The fourth-order valence-corrected chi connectivity index (χ4v) is 6.29. The van der Waals surface area contributed by atoms with E-state index in [-0.39, 0.29) is 17.9 Å². The Morgan fingerprint density at radius 3 is 2.34 bits per heavy atom. The summed E-state index contributed by atoms with van der Waals surface area (Å²) in [5.74, 6) is 1.67. The molecule has 1 fully saturated rings. The Morgan fingerprint density at radius 1 is 0.951 bits per heavy atom. The number of aryl methyl sites for hydroxylation is 1. The zero-order chi connectivity index (χ0) is 29.0. The molecule has 2 aliphatic rings. The molecule has 2 unspecified atom stereocenters. The molecule has 1 heterocycles. The summed E-state index contributed by atoms with van der Waals surface area (Å²) in [5, 5.41) is 10.1. The van der Waals surface area contributed by atoms with Gasteiger partial charge in [0.25, 0.3) is 0 Å². The molecule has 218 valence electrons. The van der Waals surface area contributed by atoms with Crippen molar-refractivity contribution in [3.05, 3.63) is 95.1 Å². The van der Waals surface area contributed by atoms with E-state index in [9.17, 15) is 9.90 Å². The molecule has 3 aromatic rings. The number of phenolic OH excluding ortho intramolecular Hbond substituents is 1. The van der Waals surface area contributed by atoms with E-state index in [1.807, 2.05) is 32.9 Å². The molecule has 3 atom stereocenters. The van der Waals surface area contributed by atoms with Crippen molar-refractivity contribution in [2.75, 3.05) is 39.3 Å². The van der Waals surface area contributed by atoms with E-state index in [2.05, 4.69) is 77.4 Å². The average molecular weight is 557 g/mol. The third-order valence-corrected chi connectivity index (χ3v) is 8.35. The maximum Gasteiger partial charge on any atom is 0.320 e. The number of rotatable bonds is 8. The molecule has 41 heavy (non-hydrogen) atoms. The average Bonchev–Trinajstić information content (AvgIpc) is 2.95. The molecule has 1 saturated heterocycles. The number of nitrogens with zero attached hydrogens (tertiary/aromatic N) is 2. The van der Waals surface area contributed by atoms with Gasteiger partial charge in [-0.25, -0.2) is 0 Å². The second-order valence-electron chi connectivity index (χ2n) is 12.5. The molecule has 0 amide bonds. The normalized spacial score (nSPS) is 20.7. The van der Waals surface area contributed by atoms with Gasteiger partial charge < -0.3 is 14.6 Å². The van der Waals surface area contributed by atoms with E-state index >= 15 is 0 Å². The first kappa shape index (κ1) is 29.2. The van der Waals surface area contributed by atoms with Crippen LogP contribution in [0.5, 0.6) is 11.5 Å². The van der Waals surface area contributed by atoms with Gasteiger partial charge in [-0.2, -0.15) is 0 Å². The summed E-state index contributed by atoms with van der Waals surface area (Å²) in [4.78, 5) is 16.8. The van der Waals surface area contributed by atoms with E-state index in [0.717, 1.165) is 44.8 Å². The number of piperazine rings is 1. The molecular weight excluding hydrogens is 512 g/mol. The standard InChI is InChI=1S/C35H44N2O4/c1-25(37-20-18-36(19-21-37)23-33(39)41-35(2,3)4)24-40-30-14-10-27(11-15-30)34-31(26-8-6-5-7-9-26)16-12-28-22-29(38)13-17-32(28)34/h5-11,13-15,17,22,25,31,34,38H,12,16,18-21,23-24H2,1-4H3/t25-,31?,34?/m1/s1. The number of benzene rings is 3. The van der Waals surface area contributed by atoms with Crippen molar-refractivity contribution in [1.29, 1.82) is 0 Å². The van der Waals surface area contributed by atoms with Gasteiger partial charge in [0.2, 0.25) is 0 Å². The van der Waals surface area contributed by atoms with Crippen LogP contribution >= 0.6 is 0 Å². The van der Waals surface area contributed by atoms with E-state index in [1.165, 1.54) is 22.3 Å². The first-order valence-electron chi connectivity index (χ1n) is 14.9. The summed E-state index contributed by atoms with van der Waals surface area (Å²) < 4.78 is 11.7. The number of hydrogen-bond donors (Lipinski definition) is 1. The fraction of sp³-hybridized carbons (Fsp3) is 0.457. The second-order valence-corrected chi connectivity index (χ2v) is 12.5. The SMILES string of the molecule is C[C@H](COc1ccc(C2c3ccc(O)cc3CCC2c2ccccc2)cc1)N1CCN(CC(=O)OC(C)(C)C)CC1. The van der Waals surface area contributed by atoms with Crippen LogP contribution in [-0.4, -0.2) is 71.8 Å². The zero-order valence-electron chi connectivity index (χ0n) is 24.9. The lowest BCUT2D eigenvalue weighted by molar-refractivity contribution is -0.156. The minimum absolute atomic E-state index is 0.157. The molecule has 0 saturated carbocycles. The Hall–Kier alpha value is -3.35. The van der Waals surface area contributed by atoms with Crippen molar-refractivity contribution in [3.8, 4) is 11.5 Å². The Labute approximate surface area is 244 Å². The maximum atomic E-state index is 12.2. The third kappa shape index (κ3) is 7.49. The minimum Gasteiger partial charge on any atom is -0.508 e. The Kier molecular flexibility index (Phi) is 9.00. The monoisotopic (exact) mass is 556 g/mol. The van der Waals surface area contributed by atoms with Gasteiger partial charge in [-0.3, -0.25) is 14.6 Å². The number of phenols is 1. The molecule has 0 spiro atoms. The van der Waals surface area contributed by atoms with Crippen LogP contribution in [0.1, 0.15) is 68.2 Å². The number of carbonyl (C=O) groups is 1. The largest absolute Gasteiger partial charge is 0.508 e. The van der Waals surface area contributed by atoms with Crippen molar-refractivity contribution in [1.82, 2.24) is 9.80 Å². The van der Waals surface area contributed by atoms with E-state index in [0.29, 0.717) is 24.8 Å². The second kappa shape index (κ2) is 12.7. The van der Waals surface area contributed by atoms with Gasteiger partial charge in [0.1, 0.15) is 23.7 Å². The molecule has 0 bridgehead atoms. The lowest BCUT2D eigenvalue weighted by Gasteiger charge is -2.37. The predicted octanol–water partition coefficient (Wildman–Crippen LogP) is 5.98. The van der Waals surface area contributed by atoms with Crippen molar-refractivity contribution in [2.45, 2.75) is 64.0 Å². The highest BCUT2D eigenvalue weighted by Gasteiger charge is 2.32. The van der Waals surface area contributed by atoms with Crippen LogP contribution in [-0.2, 0) is 16.0 Å². The van der Waals surface area contributed by atoms with Crippen LogP contribution in [0.2, 0.25) is 0 Å². The summed E-state index contributed by atoms with van der Waals surface area (Å²) >= 11 is 0. The summed E-state index contributed by atoms with van der Waals surface area (Å²) in [7, 11) is 0. The number of ether oxygens (including phenoxy) is 2. The molecule has 1 aliphatic carbocycles. The van der Waals surface area contributed by atoms with Gasteiger partial charge in [-0.1, -0.05) is 48.5 Å². The first-order chi connectivity index (χ1) is 19.7. The van der Waals surface area contributed by atoms with Gasteiger partial charge in [0.05, 0.1) is 6.54 Å². The number of esters is 1. The Bertz CT molecular complexity index is 1290. The lowest BCUT2D eigenvalue weighted by atomic mass is 9.69. The highest BCUT2D eigenvalue weighted by atomic mass is 16.6. The Balaban J connectivity index is 1.19. The summed E-state index contributed by atoms with van der Waals surface area (Å²) in [6.45, 7) is 12.4. The van der Waals surface area contributed by atoms with Crippen LogP contribution in [0.4, 0.5) is 0 Å². The van der Waals surface area contributed by atoms with E-state index in [1.54, 1.807) is 0 Å². The quantitative estimate of drug-likeness (QED) is 0.345. The van der Waals surface area contributed by atoms with Crippen LogP contribution < -0.4 is 4.74 Å². The maximum absolute atomic E-state index is 12.2. The molecule has 0 aromatic heterocycles. The van der Waals surface area contributed by atoms with E-state index < -0.39 is 5.60 Å². The number of fused-ring (bicyclic) bond motifs is 1. The molecule has 5 rings (SSSR count). The van der Waals surface area contributed by atoms with Crippen LogP contribution in [0, 0.1) is 0 Å². The zero-order valence-corrected chi connectivity index (χ0v) is 24.9. The highest BCUT2D eigenvalue weighted by molar-refractivity contribution is 5.72. The van der Waals surface area contributed by atoms with Crippen molar-refractivity contribution >= 4 is 5.97 Å². The predicted molar refractivity (Wildman–Crippen MR) is 163 cm³/mol. The van der Waals surface area contributed by atoms with Gasteiger partial charge in [0, 0.05) is 38.1 Å². The first-order valence-corrected chi connectivity index (χ1v) is 14.9. The smallest absolute Gasteiger partial charge is 0.320 e. The minimum atomic E-state index is -0.447. The molecule has 1 aliphatic heterocycles. The third-order valence-electron chi connectivity index (χ3n) is 8.35. The summed E-state index contributed by atoms with van der Waals surface area (Å²) in [6, 6.07) is 25.5. The molecule has 6 heteroatoms. The highest BCUT2D eigenvalue weighted by Crippen LogP contribution is 2.47. The summed E-state index contributed by atoms with van der Waals surface area (Å²) in [6.07, 6.45) is 2.01. The van der Waals surface area contributed by atoms with Gasteiger partial charge >= 0.3 is 5.97 Å². The van der Waals surface area contributed by atoms with Crippen molar-refractivity contribution < 1.29 is 19.4 Å². The molecule has 6 nitrogen and oxygen atoms in total. The molecular formula is C35H44N2O4. The van der Waals surface area contributed by atoms with Crippen molar-refractivity contribution in [2.24, 2.45) is 0 Å². The van der Waals surface area contributed by atoms with E-state index in [4.69, 9.17) is 9.47 Å². The number of aromatic hydroxyl groups is 1. The van der Waals surface area contributed by atoms with Crippen LogP contribution in [0.3, 0.4) is 0 Å². The molecule has 1 N–H and O–H groups in total. The fourth-order valence-electron chi connectivity index (χ4n) is 6.29. The Morgan fingerprint density at radius 2 is 1.66 bits per heavy atom. The van der Waals surface area contributed by atoms with Crippen molar-refractivity contribution in [3.63, 3.8) is 0 Å². The van der Waals surface area contributed by atoms with Gasteiger partial charge in [-0.15, -0.1) is 0 Å². The number of carbonyl (C=O) groups excluding carboxylic acids is 1. The van der Waals surface area contributed by atoms with Gasteiger partial charge in [-0.05, 0) is 93.0 Å². The topological polar surface area (TPSA) is 62.2 Å². The molecule has 0 radical (unpaired) electrons. The van der Waals surface area contributed by atoms with Gasteiger partial charge in [0.15, 0.2) is 0 Å². The van der Waals surface area contributed by atoms with Crippen LogP contribution in [0.15, 0.2) is 72.8 Å².